The topological polar surface area (TPSA) is 66.8 Å². The van der Waals surface area contributed by atoms with Crippen LogP contribution in [0.3, 0.4) is 0 Å². The Kier molecular flexibility index (Phi) is 3.25. The lowest BCUT2D eigenvalue weighted by Crippen LogP contribution is -2.47. The van der Waals surface area contributed by atoms with Crippen LogP contribution in [0.2, 0.25) is 0 Å². The Labute approximate surface area is 107 Å². The molecule has 3 atom stereocenters. The van der Waals surface area contributed by atoms with Crippen LogP contribution in [-0.2, 0) is 9.53 Å². The minimum atomic E-state index is -0.921. The van der Waals surface area contributed by atoms with Crippen LogP contribution in [0.15, 0.2) is 0 Å². The van der Waals surface area contributed by atoms with Gasteiger partial charge < -0.3 is 9.84 Å². The van der Waals surface area contributed by atoms with Crippen LogP contribution in [0, 0.1) is 5.92 Å². The van der Waals surface area contributed by atoms with Gasteiger partial charge in [-0.3, -0.25) is 4.90 Å². The lowest BCUT2D eigenvalue weighted by atomic mass is 10.0. The first-order chi connectivity index (χ1) is 8.29. The van der Waals surface area contributed by atoms with Crippen molar-refractivity contribution in [1.29, 1.82) is 0 Å². The van der Waals surface area contributed by atoms with Crippen LogP contribution >= 0.6 is 0 Å². The van der Waals surface area contributed by atoms with Crippen molar-refractivity contribution in [3.8, 4) is 0 Å². The molecular formula is C13H21NO4. The highest BCUT2D eigenvalue weighted by Crippen LogP contribution is 2.41. The van der Waals surface area contributed by atoms with Crippen LogP contribution in [0.4, 0.5) is 4.79 Å². The fourth-order valence-electron chi connectivity index (χ4n) is 3.09. The smallest absolute Gasteiger partial charge is 0.411 e. The van der Waals surface area contributed by atoms with E-state index < -0.39 is 23.7 Å². The zero-order chi connectivity index (χ0) is 13.5. The lowest BCUT2D eigenvalue weighted by Gasteiger charge is -2.30. The second-order valence-corrected chi connectivity index (χ2v) is 6.24. The van der Waals surface area contributed by atoms with Crippen LogP contribution < -0.4 is 0 Å². The highest BCUT2D eigenvalue weighted by Gasteiger charge is 2.50. The largest absolute Gasteiger partial charge is 0.480 e. The van der Waals surface area contributed by atoms with Crippen molar-refractivity contribution >= 4 is 12.1 Å². The average Bonchev–Trinajstić information content (AvgIpc) is 2.70. The predicted octanol–water partition coefficient (Wildman–Crippen LogP) is 2.25. The zero-order valence-corrected chi connectivity index (χ0v) is 11.2. The van der Waals surface area contributed by atoms with E-state index in [-0.39, 0.29) is 6.04 Å². The van der Waals surface area contributed by atoms with Gasteiger partial charge in [0.25, 0.3) is 0 Å². The van der Waals surface area contributed by atoms with Crippen molar-refractivity contribution in [3.63, 3.8) is 0 Å². The molecule has 0 aromatic heterocycles. The van der Waals surface area contributed by atoms with E-state index in [9.17, 15) is 14.7 Å². The molecule has 2 fully saturated rings. The van der Waals surface area contributed by atoms with Crippen molar-refractivity contribution in [3.05, 3.63) is 0 Å². The fraction of sp³-hybridized carbons (Fsp3) is 0.846. The van der Waals surface area contributed by atoms with Gasteiger partial charge in [0.05, 0.1) is 0 Å². The molecule has 1 heterocycles. The van der Waals surface area contributed by atoms with E-state index in [2.05, 4.69) is 0 Å². The third kappa shape index (κ3) is 2.44. The number of carboxylic acids is 1. The quantitative estimate of drug-likeness (QED) is 0.780. The number of carbonyl (C=O) groups is 2. The molecule has 1 amide bonds. The monoisotopic (exact) mass is 255 g/mol. The summed E-state index contributed by atoms with van der Waals surface area (Å²) in [5.74, 6) is -0.589. The summed E-state index contributed by atoms with van der Waals surface area (Å²) in [5, 5.41) is 9.24. The number of fused-ring (bicyclic) bond motifs is 1. The van der Waals surface area contributed by atoms with Gasteiger partial charge in [0.2, 0.25) is 0 Å². The molecule has 0 bridgehead atoms. The molecule has 0 spiro atoms. The number of amides is 1. The number of hydrogen-bond donors (Lipinski definition) is 1. The van der Waals surface area contributed by atoms with E-state index in [0.717, 1.165) is 19.3 Å². The molecule has 102 valence electrons. The van der Waals surface area contributed by atoms with Crippen molar-refractivity contribution in [1.82, 2.24) is 4.90 Å². The molecular weight excluding hydrogens is 234 g/mol. The summed E-state index contributed by atoms with van der Waals surface area (Å²) in [7, 11) is 0. The minimum Gasteiger partial charge on any atom is -0.480 e. The summed E-state index contributed by atoms with van der Waals surface area (Å²) in [6.45, 7) is 5.38. The zero-order valence-electron chi connectivity index (χ0n) is 11.2. The van der Waals surface area contributed by atoms with Gasteiger partial charge in [-0.15, -0.1) is 0 Å². The van der Waals surface area contributed by atoms with Gasteiger partial charge >= 0.3 is 12.1 Å². The number of rotatable bonds is 1. The highest BCUT2D eigenvalue weighted by atomic mass is 16.6. The molecule has 0 radical (unpaired) electrons. The standard InChI is InChI=1S/C13H21NO4/c1-13(2,3)18-12(17)14-9-6-4-5-8(9)7-10(14)11(15)16/h8-10H,4-7H2,1-3H3,(H,15,16)/t8-,9+,10-/m0/s1. The maximum Gasteiger partial charge on any atom is 0.411 e. The summed E-state index contributed by atoms with van der Waals surface area (Å²) in [4.78, 5) is 24.9. The Balaban J connectivity index is 2.16. The molecule has 0 aromatic carbocycles. The van der Waals surface area contributed by atoms with Gasteiger partial charge in [0.1, 0.15) is 11.6 Å². The normalized spacial score (nSPS) is 31.3. The molecule has 1 aliphatic carbocycles. The molecule has 2 aliphatic rings. The second-order valence-electron chi connectivity index (χ2n) is 6.24. The second kappa shape index (κ2) is 4.44. The molecule has 1 saturated carbocycles. The number of nitrogens with zero attached hydrogens (tertiary/aromatic N) is 1. The third-order valence-electron chi connectivity index (χ3n) is 3.73. The predicted molar refractivity (Wildman–Crippen MR) is 65.2 cm³/mol. The molecule has 1 aliphatic heterocycles. The van der Waals surface area contributed by atoms with Crippen molar-refractivity contribution in [2.75, 3.05) is 0 Å². The summed E-state index contributed by atoms with van der Waals surface area (Å²) >= 11 is 0. The maximum absolute atomic E-state index is 12.2. The van der Waals surface area contributed by atoms with E-state index in [1.165, 1.54) is 4.90 Å². The summed E-state index contributed by atoms with van der Waals surface area (Å²) in [5.41, 5.74) is -0.586. The van der Waals surface area contributed by atoms with E-state index in [1.54, 1.807) is 20.8 Å². The van der Waals surface area contributed by atoms with Crippen LogP contribution in [0.1, 0.15) is 46.5 Å². The number of carbonyl (C=O) groups excluding carboxylic acids is 1. The van der Waals surface area contributed by atoms with E-state index in [4.69, 9.17) is 4.74 Å². The summed E-state index contributed by atoms with van der Waals surface area (Å²) in [6, 6.07) is -0.656. The number of aliphatic carboxylic acids is 1. The van der Waals surface area contributed by atoms with Crippen molar-refractivity contribution in [2.24, 2.45) is 5.92 Å². The molecule has 18 heavy (non-hydrogen) atoms. The van der Waals surface area contributed by atoms with E-state index in [1.807, 2.05) is 0 Å². The van der Waals surface area contributed by atoms with Gasteiger partial charge in [0.15, 0.2) is 0 Å². The van der Waals surface area contributed by atoms with Gasteiger partial charge in [-0.05, 0) is 46.0 Å². The lowest BCUT2D eigenvalue weighted by molar-refractivity contribution is -0.142. The SMILES string of the molecule is CC(C)(C)OC(=O)N1[C@@H]2CCC[C@H]2C[C@H]1C(=O)O. The average molecular weight is 255 g/mol. The van der Waals surface area contributed by atoms with Crippen LogP contribution in [-0.4, -0.2) is 39.8 Å². The van der Waals surface area contributed by atoms with Crippen LogP contribution in [0.5, 0.6) is 0 Å². The summed E-state index contributed by atoms with van der Waals surface area (Å²) in [6.07, 6.45) is 3.08. The highest BCUT2D eigenvalue weighted by molar-refractivity contribution is 5.81. The Bertz CT molecular complexity index is 360. The number of hydrogen-bond acceptors (Lipinski definition) is 3. The molecule has 0 aromatic rings. The minimum absolute atomic E-state index is 0.0564. The first kappa shape index (κ1) is 13.2. The van der Waals surface area contributed by atoms with E-state index in [0.29, 0.717) is 12.3 Å². The third-order valence-corrected chi connectivity index (χ3v) is 3.73. The molecule has 1 N–H and O–H groups in total. The van der Waals surface area contributed by atoms with Gasteiger partial charge in [0, 0.05) is 6.04 Å². The number of likely N-dealkylation sites (tertiary alicyclic amines) is 1. The molecule has 5 heteroatoms. The first-order valence-corrected chi connectivity index (χ1v) is 6.54. The van der Waals surface area contributed by atoms with E-state index >= 15 is 0 Å². The van der Waals surface area contributed by atoms with Gasteiger partial charge in [-0.25, -0.2) is 9.59 Å². The molecule has 2 rings (SSSR count). The van der Waals surface area contributed by atoms with Crippen molar-refractivity contribution in [2.45, 2.75) is 64.1 Å². The number of ether oxygens (including phenoxy) is 1. The Hall–Kier alpha value is -1.26. The van der Waals surface area contributed by atoms with Crippen LogP contribution in [0.25, 0.3) is 0 Å². The Morgan fingerprint density at radius 1 is 1.28 bits per heavy atom. The van der Waals surface area contributed by atoms with Gasteiger partial charge in [-0.1, -0.05) is 6.42 Å². The number of carboxylic acid groups (broad SMARTS) is 1. The Morgan fingerprint density at radius 2 is 1.94 bits per heavy atom. The van der Waals surface area contributed by atoms with Crippen molar-refractivity contribution < 1.29 is 19.4 Å². The maximum atomic E-state index is 12.2. The summed E-state index contributed by atoms with van der Waals surface area (Å²) < 4.78 is 5.33. The molecule has 0 unspecified atom stereocenters. The first-order valence-electron chi connectivity index (χ1n) is 6.54. The molecule has 1 saturated heterocycles. The van der Waals surface area contributed by atoms with Gasteiger partial charge in [-0.2, -0.15) is 0 Å². The Morgan fingerprint density at radius 3 is 2.50 bits per heavy atom. The molecule has 5 nitrogen and oxygen atoms in total. The fourth-order valence-corrected chi connectivity index (χ4v) is 3.09.